The summed E-state index contributed by atoms with van der Waals surface area (Å²) in [5.74, 6) is -0.850. The van der Waals surface area contributed by atoms with Crippen molar-refractivity contribution < 1.29 is 42.1 Å². The van der Waals surface area contributed by atoms with Crippen LogP contribution in [0.15, 0.2) is 72.9 Å². The number of rotatable bonds is 36. The van der Waals surface area contributed by atoms with Crippen LogP contribution in [0.3, 0.4) is 0 Å². The number of hydrogen-bond acceptors (Lipinski definition) is 7. The number of phosphoric ester groups is 1. The Morgan fingerprint density at radius 3 is 1.72 bits per heavy atom. The van der Waals surface area contributed by atoms with Gasteiger partial charge in [0.15, 0.2) is 6.10 Å². The smallest absolute Gasteiger partial charge is 0.462 e. The second-order valence-electron chi connectivity index (χ2n) is 14.7. The summed E-state index contributed by atoms with van der Waals surface area (Å²) in [5, 5.41) is 0. The van der Waals surface area contributed by atoms with Crippen LogP contribution >= 0.6 is 7.82 Å². The topological polar surface area (TPSA) is 108 Å². The molecule has 0 aromatic heterocycles. The number of phosphoric acid groups is 1. The van der Waals surface area contributed by atoms with Gasteiger partial charge in [0, 0.05) is 12.8 Å². The number of unbranched alkanes of at least 4 members (excludes halogenated alkanes) is 13. The Morgan fingerprint density at radius 1 is 0.611 bits per heavy atom. The van der Waals surface area contributed by atoms with Gasteiger partial charge in [0.25, 0.3) is 0 Å². The monoisotopic (exact) mass is 779 g/mol. The molecule has 0 aromatic carbocycles. The zero-order valence-electron chi connectivity index (χ0n) is 34.7. The van der Waals surface area contributed by atoms with Crippen LogP contribution in [-0.2, 0) is 32.7 Å². The summed E-state index contributed by atoms with van der Waals surface area (Å²) in [6.07, 6.45) is 43.7. The van der Waals surface area contributed by atoms with E-state index in [1.54, 1.807) is 0 Å². The molecule has 0 aliphatic carbocycles. The molecule has 0 heterocycles. The molecule has 0 saturated carbocycles. The molecule has 54 heavy (non-hydrogen) atoms. The molecule has 0 bridgehead atoms. The lowest BCUT2D eigenvalue weighted by molar-refractivity contribution is -0.870. The van der Waals surface area contributed by atoms with Crippen LogP contribution in [-0.4, -0.2) is 74.9 Å². The Hall–Kier alpha value is -2.55. The minimum Gasteiger partial charge on any atom is -0.462 e. The van der Waals surface area contributed by atoms with Crippen molar-refractivity contribution in [3.63, 3.8) is 0 Å². The summed E-state index contributed by atoms with van der Waals surface area (Å²) >= 11 is 0. The highest BCUT2D eigenvalue weighted by Crippen LogP contribution is 2.43. The van der Waals surface area contributed by atoms with Crippen molar-refractivity contribution >= 4 is 19.8 Å². The summed E-state index contributed by atoms with van der Waals surface area (Å²) in [6, 6.07) is 0. The average molecular weight is 779 g/mol. The zero-order valence-corrected chi connectivity index (χ0v) is 35.6. The molecular formula is C44H77NO8P+. The molecule has 0 saturated heterocycles. The molecule has 310 valence electrons. The number of esters is 2. The van der Waals surface area contributed by atoms with E-state index in [1.165, 1.54) is 25.7 Å². The lowest BCUT2D eigenvalue weighted by Gasteiger charge is -2.24. The molecule has 1 N–H and O–H groups in total. The quantitative estimate of drug-likeness (QED) is 0.0167. The van der Waals surface area contributed by atoms with Gasteiger partial charge < -0.3 is 18.9 Å². The average Bonchev–Trinajstić information content (AvgIpc) is 3.12. The Labute approximate surface area is 329 Å². The van der Waals surface area contributed by atoms with E-state index >= 15 is 0 Å². The second-order valence-corrected chi connectivity index (χ2v) is 16.2. The van der Waals surface area contributed by atoms with Crippen molar-refractivity contribution in [3.8, 4) is 0 Å². The lowest BCUT2D eigenvalue weighted by atomic mass is 10.1. The predicted octanol–water partition coefficient (Wildman–Crippen LogP) is 11.5. The number of ether oxygens (including phenoxy) is 2. The normalized spacial score (nSPS) is 14.4. The Kier molecular flexibility index (Phi) is 34.4. The van der Waals surface area contributed by atoms with Crippen LogP contribution in [0, 0.1) is 0 Å². The van der Waals surface area contributed by atoms with Gasteiger partial charge in [0.1, 0.15) is 19.8 Å². The molecule has 2 atom stereocenters. The van der Waals surface area contributed by atoms with Gasteiger partial charge in [-0.2, -0.15) is 0 Å². The third kappa shape index (κ3) is 39.2. The summed E-state index contributed by atoms with van der Waals surface area (Å²) < 4.78 is 34.2. The Balaban J connectivity index is 4.48. The molecule has 10 heteroatoms. The van der Waals surface area contributed by atoms with E-state index in [0.29, 0.717) is 23.9 Å². The maximum Gasteiger partial charge on any atom is 0.472 e. The largest absolute Gasteiger partial charge is 0.472 e. The summed E-state index contributed by atoms with van der Waals surface area (Å²) in [7, 11) is 1.44. The van der Waals surface area contributed by atoms with Gasteiger partial charge in [-0.15, -0.1) is 0 Å². The van der Waals surface area contributed by atoms with E-state index in [4.69, 9.17) is 18.5 Å². The first kappa shape index (κ1) is 51.5. The van der Waals surface area contributed by atoms with Crippen molar-refractivity contribution in [1.82, 2.24) is 0 Å². The second kappa shape index (κ2) is 36.1. The van der Waals surface area contributed by atoms with E-state index < -0.39 is 32.5 Å². The number of quaternary nitrogens is 1. The number of carbonyl (C=O) groups excluding carboxylic acids is 2. The minimum absolute atomic E-state index is 0.0202. The summed E-state index contributed by atoms with van der Waals surface area (Å²) in [4.78, 5) is 35.3. The predicted molar refractivity (Wildman–Crippen MR) is 224 cm³/mol. The Morgan fingerprint density at radius 2 is 1.13 bits per heavy atom. The number of carbonyl (C=O) groups is 2. The Bertz CT molecular complexity index is 1150. The summed E-state index contributed by atoms with van der Waals surface area (Å²) in [6.45, 7) is 4.18. The highest BCUT2D eigenvalue weighted by Gasteiger charge is 2.27. The minimum atomic E-state index is -4.39. The number of nitrogens with zero attached hydrogens (tertiary/aromatic N) is 1. The molecule has 0 radical (unpaired) electrons. The molecule has 0 fully saturated rings. The van der Waals surface area contributed by atoms with Crippen molar-refractivity contribution in [1.29, 1.82) is 0 Å². The van der Waals surface area contributed by atoms with E-state index in [0.717, 1.165) is 77.0 Å². The van der Waals surface area contributed by atoms with Gasteiger partial charge in [0.05, 0.1) is 27.7 Å². The molecule has 0 spiro atoms. The standard InChI is InChI=1S/C44H76NO8P/c1-6-8-10-12-14-16-18-20-22-24-26-28-30-32-34-36-43(46)50-40-42(41-52-54(48,49)51-39-38-45(3,4)5)53-44(47)37-35-33-31-29-27-25-23-21-19-17-15-13-11-9-7-2/h9,11,13-17,19-23,42H,6-8,10,12,18,24-41H2,1-5H3/p+1/b11-9+,15-13+,16-14+,19-17+,22-20+,23-21+/t42-/m1/s1. The van der Waals surface area contributed by atoms with Crippen LogP contribution < -0.4 is 0 Å². The fraction of sp³-hybridized carbons (Fsp3) is 0.682. The third-order valence-corrected chi connectivity index (χ3v) is 9.30. The van der Waals surface area contributed by atoms with Crippen molar-refractivity contribution in [3.05, 3.63) is 72.9 Å². The van der Waals surface area contributed by atoms with E-state index in [2.05, 4.69) is 56.4 Å². The van der Waals surface area contributed by atoms with Crippen molar-refractivity contribution in [2.45, 2.75) is 148 Å². The fourth-order valence-electron chi connectivity index (χ4n) is 5.05. The molecular weight excluding hydrogens is 701 g/mol. The van der Waals surface area contributed by atoms with Gasteiger partial charge in [-0.3, -0.25) is 18.6 Å². The molecule has 0 aromatic rings. The van der Waals surface area contributed by atoms with Crippen LogP contribution in [0.1, 0.15) is 142 Å². The maximum atomic E-state index is 12.7. The molecule has 0 aliphatic heterocycles. The van der Waals surface area contributed by atoms with Crippen LogP contribution in [0.25, 0.3) is 0 Å². The van der Waals surface area contributed by atoms with Gasteiger partial charge in [-0.25, -0.2) is 4.57 Å². The zero-order chi connectivity index (χ0) is 40.0. The van der Waals surface area contributed by atoms with E-state index in [9.17, 15) is 19.0 Å². The van der Waals surface area contributed by atoms with Crippen molar-refractivity contribution in [2.75, 3.05) is 47.5 Å². The van der Waals surface area contributed by atoms with Gasteiger partial charge in [-0.1, -0.05) is 138 Å². The third-order valence-electron chi connectivity index (χ3n) is 8.32. The first-order valence-electron chi connectivity index (χ1n) is 20.7. The molecule has 0 rings (SSSR count). The first-order chi connectivity index (χ1) is 26.0. The van der Waals surface area contributed by atoms with Gasteiger partial charge in [0.2, 0.25) is 0 Å². The van der Waals surface area contributed by atoms with E-state index in [-0.39, 0.29) is 26.1 Å². The summed E-state index contributed by atoms with van der Waals surface area (Å²) in [5.41, 5.74) is 0. The van der Waals surface area contributed by atoms with Crippen molar-refractivity contribution in [2.24, 2.45) is 0 Å². The van der Waals surface area contributed by atoms with Crippen LogP contribution in [0.2, 0.25) is 0 Å². The molecule has 9 nitrogen and oxygen atoms in total. The van der Waals surface area contributed by atoms with Gasteiger partial charge in [-0.05, 0) is 64.2 Å². The van der Waals surface area contributed by atoms with Crippen LogP contribution in [0.4, 0.5) is 0 Å². The number of likely N-dealkylation sites (N-methyl/N-ethyl adjacent to an activating group) is 1. The number of hydrogen-bond donors (Lipinski definition) is 1. The molecule has 0 amide bonds. The van der Waals surface area contributed by atoms with E-state index in [1.807, 2.05) is 51.5 Å². The maximum absolute atomic E-state index is 12.7. The fourth-order valence-corrected chi connectivity index (χ4v) is 5.79. The SMILES string of the molecule is CC/C=C/C=C/C=C/C=C/CCCCCCCC(=O)O[C@H](COC(=O)CCCCCCC/C=C/C/C=C/CCCCC)COP(=O)(O)OCC[N+](C)(C)C. The van der Waals surface area contributed by atoms with Crippen LogP contribution in [0.5, 0.6) is 0 Å². The molecule has 1 unspecified atom stereocenters. The highest BCUT2D eigenvalue weighted by molar-refractivity contribution is 7.47. The first-order valence-corrected chi connectivity index (χ1v) is 22.2. The lowest BCUT2D eigenvalue weighted by Crippen LogP contribution is -2.37. The highest BCUT2D eigenvalue weighted by atomic mass is 31.2. The molecule has 0 aliphatic rings. The number of allylic oxidation sites excluding steroid dienone is 12. The van der Waals surface area contributed by atoms with Gasteiger partial charge >= 0.3 is 19.8 Å².